The number of benzene rings is 2. The summed E-state index contributed by atoms with van der Waals surface area (Å²) in [6, 6.07) is 7.32. The minimum Gasteiger partial charge on any atom is -0.398 e. The van der Waals surface area contributed by atoms with Crippen molar-refractivity contribution in [2.75, 3.05) is 18.0 Å². The summed E-state index contributed by atoms with van der Waals surface area (Å²) < 4.78 is 9.62. The molecule has 170 valence electrons. The van der Waals surface area contributed by atoms with Crippen molar-refractivity contribution in [2.24, 2.45) is 0 Å². The Kier molecular flexibility index (Phi) is 9.01. The SMILES string of the molecule is CCCN[C@@H](CC(=O)OC(=O)c1cccc(N)c1Cl)C(=O)OC(=O)c1cccc(N)c1Cl. The molecule has 0 amide bonds. The number of nitrogens with two attached hydrogens (primary N) is 2. The van der Waals surface area contributed by atoms with Gasteiger partial charge in [0.05, 0.1) is 39.0 Å². The first kappa shape index (κ1) is 25.1. The van der Waals surface area contributed by atoms with Gasteiger partial charge in [0.2, 0.25) is 0 Å². The second-order valence-corrected chi connectivity index (χ2v) is 7.35. The lowest BCUT2D eigenvalue weighted by Gasteiger charge is -2.16. The second-order valence-electron chi connectivity index (χ2n) is 6.60. The van der Waals surface area contributed by atoms with Gasteiger partial charge in [0.15, 0.2) is 0 Å². The molecule has 0 fully saturated rings. The maximum absolute atomic E-state index is 12.5. The number of halogens is 2. The van der Waals surface area contributed by atoms with Gasteiger partial charge in [-0.1, -0.05) is 42.3 Å². The summed E-state index contributed by atoms with van der Waals surface area (Å²) in [6.45, 7) is 2.16. The normalized spacial score (nSPS) is 11.5. The van der Waals surface area contributed by atoms with Crippen LogP contribution in [0.4, 0.5) is 11.4 Å². The zero-order valence-electron chi connectivity index (χ0n) is 17.0. The first-order chi connectivity index (χ1) is 15.1. The highest BCUT2D eigenvalue weighted by molar-refractivity contribution is 6.36. The van der Waals surface area contributed by atoms with Crippen molar-refractivity contribution in [2.45, 2.75) is 25.8 Å². The maximum Gasteiger partial charge on any atom is 0.347 e. The zero-order chi connectivity index (χ0) is 23.8. The van der Waals surface area contributed by atoms with Crippen LogP contribution in [-0.2, 0) is 19.1 Å². The molecule has 0 aliphatic rings. The molecule has 11 heteroatoms. The molecule has 0 heterocycles. The average molecular weight is 482 g/mol. The summed E-state index contributed by atoms with van der Waals surface area (Å²) >= 11 is 11.9. The van der Waals surface area contributed by atoms with E-state index >= 15 is 0 Å². The average Bonchev–Trinajstić information content (AvgIpc) is 2.74. The molecule has 5 N–H and O–H groups in total. The van der Waals surface area contributed by atoms with Crippen LogP contribution < -0.4 is 16.8 Å². The van der Waals surface area contributed by atoms with Gasteiger partial charge in [-0.05, 0) is 37.2 Å². The van der Waals surface area contributed by atoms with E-state index in [9.17, 15) is 19.2 Å². The third-order valence-electron chi connectivity index (χ3n) is 4.19. The van der Waals surface area contributed by atoms with E-state index in [1.54, 1.807) is 0 Å². The predicted octanol–water partition coefficient (Wildman–Crippen LogP) is 2.98. The van der Waals surface area contributed by atoms with Crippen LogP contribution in [0, 0.1) is 0 Å². The summed E-state index contributed by atoms with van der Waals surface area (Å²) in [5, 5.41) is 2.65. The summed E-state index contributed by atoms with van der Waals surface area (Å²) in [5.74, 6) is -4.15. The van der Waals surface area contributed by atoms with Crippen molar-refractivity contribution in [1.82, 2.24) is 5.32 Å². The van der Waals surface area contributed by atoms with E-state index in [-0.39, 0.29) is 32.5 Å². The number of anilines is 2. The van der Waals surface area contributed by atoms with Crippen molar-refractivity contribution in [1.29, 1.82) is 0 Å². The molecule has 2 aromatic carbocycles. The lowest BCUT2D eigenvalue weighted by molar-refractivity contribution is -0.146. The Morgan fingerprint density at radius 1 is 0.906 bits per heavy atom. The second kappa shape index (κ2) is 11.5. The van der Waals surface area contributed by atoms with Gasteiger partial charge in [-0.2, -0.15) is 0 Å². The Bertz CT molecular complexity index is 1040. The van der Waals surface area contributed by atoms with Crippen molar-refractivity contribution >= 4 is 58.5 Å². The van der Waals surface area contributed by atoms with Gasteiger partial charge in [0.1, 0.15) is 6.04 Å². The molecule has 1 atom stereocenters. The monoisotopic (exact) mass is 481 g/mol. The predicted molar refractivity (Wildman–Crippen MR) is 119 cm³/mol. The van der Waals surface area contributed by atoms with Crippen LogP contribution >= 0.6 is 23.2 Å². The van der Waals surface area contributed by atoms with E-state index in [0.29, 0.717) is 13.0 Å². The van der Waals surface area contributed by atoms with E-state index < -0.39 is 36.3 Å². The van der Waals surface area contributed by atoms with Gasteiger partial charge in [0.25, 0.3) is 0 Å². The molecule has 0 aliphatic carbocycles. The maximum atomic E-state index is 12.5. The minimum absolute atomic E-state index is 0.0602. The van der Waals surface area contributed by atoms with Crippen LogP contribution in [0.3, 0.4) is 0 Å². The number of hydrogen-bond donors (Lipinski definition) is 3. The molecule has 32 heavy (non-hydrogen) atoms. The number of nitrogen functional groups attached to an aromatic ring is 2. The Balaban J connectivity index is 2.08. The topological polar surface area (TPSA) is 151 Å². The summed E-state index contributed by atoms with van der Waals surface area (Å²) in [6.07, 6.45) is 0.0358. The van der Waals surface area contributed by atoms with Crippen LogP contribution in [0.2, 0.25) is 10.0 Å². The fourth-order valence-electron chi connectivity index (χ4n) is 2.56. The van der Waals surface area contributed by atoms with E-state index in [1.165, 1.54) is 36.4 Å². The first-order valence-corrected chi connectivity index (χ1v) is 10.2. The van der Waals surface area contributed by atoms with Gasteiger partial charge in [-0.15, -0.1) is 0 Å². The fraction of sp³-hybridized carbons (Fsp3) is 0.238. The van der Waals surface area contributed by atoms with Gasteiger partial charge >= 0.3 is 23.9 Å². The van der Waals surface area contributed by atoms with Crippen LogP contribution in [-0.4, -0.2) is 36.5 Å². The van der Waals surface area contributed by atoms with Crippen LogP contribution in [0.5, 0.6) is 0 Å². The largest absolute Gasteiger partial charge is 0.398 e. The van der Waals surface area contributed by atoms with Crippen molar-refractivity contribution in [3.63, 3.8) is 0 Å². The lowest BCUT2D eigenvalue weighted by atomic mass is 10.2. The van der Waals surface area contributed by atoms with Crippen molar-refractivity contribution in [3.05, 3.63) is 57.6 Å². The Morgan fingerprint density at radius 3 is 1.91 bits per heavy atom. The molecule has 0 spiro atoms. The van der Waals surface area contributed by atoms with Gasteiger partial charge in [-0.25, -0.2) is 14.4 Å². The molecular weight excluding hydrogens is 461 g/mol. The van der Waals surface area contributed by atoms with Crippen LogP contribution in [0.25, 0.3) is 0 Å². The minimum atomic E-state index is -1.25. The van der Waals surface area contributed by atoms with Gasteiger partial charge in [-0.3, -0.25) is 4.79 Å². The van der Waals surface area contributed by atoms with Crippen molar-refractivity contribution < 1.29 is 28.7 Å². The number of nitrogens with one attached hydrogen (secondary N) is 1. The van der Waals surface area contributed by atoms with E-state index in [1.807, 2.05) is 6.92 Å². The molecule has 0 saturated carbocycles. The Labute approximate surface area is 193 Å². The third kappa shape index (κ3) is 6.43. The molecular formula is C21H21Cl2N3O6. The molecule has 0 aliphatic heterocycles. The molecule has 0 radical (unpaired) electrons. The molecule has 2 aromatic rings. The Morgan fingerprint density at radius 2 is 1.41 bits per heavy atom. The van der Waals surface area contributed by atoms with Crippen LogP contribution in [0.1, 0.15) is 40.5 Å². The lowest BCUT2D eigenvalue weighted by Crippen LogP contribution is -2.41. The molecule has 0 unspecified atom stereocenters. The van der Waals surface area contributed by atoms with E-state index in [2.05, 4.69) is 5.32 Å². The van der Waals surface area contributed by atoms with Crippen molar-refractivity contribution in [3.8, 4) is 0 Å². The smallest absolute Gasteiger partial charge is 0.347 e. The third-order valence-corrected chi connectivity index (χ3v) is 5.04. The first-order valence-electron chi connectivity index (χ1n) is 9.48. The highest BCUT2D eigenvalue weighted by Crippen LogP contribution is 2.25. The highest BCUT2D eigenvalue weighted by atomic mass is 35.5. The molecule has 2 rings (SSSR count). The molecule has 0 bridgehead atoms. The Hall–Kier alpha value is -3.14. The summed E-state index contributed by atoms with van der Waals surface area (Å²) in [5.41, 5.74) is 11.3. The molecule has 0 saturated heterocycles. The number of hydrogen-bond acceptors (Lipinski definition) is 9. The van der Waals surface area contributed by atoms with Gasteiger partial charge < -0.3 is 26.3 Å². The quantitative estimate of drug-likeness (QED) is 0.293. The molecule has 0 aromatic heterocycles. The standard InChI is InChI=1S/C21H21Cl2N3O6/c1-2-9-26-15(21(30)32-20(29)12-6-4-8-14(25)18(12)23)10-16(27)31-19(28)11-5-3-7-13(24)17(11)22/h3-8,15,26H,2,9-10,24-25H2,1H3/t15-/m0/s1. The number of carbonyl (C=O) groups is 4. The number of esters is 4. The van der Waals surface area contributed by atoms with E-state index in [4.69, 9.17) is 44.1 Å². The summed E-state index contributed by atoms with van der Waals surface area (Å²) in [7, 11) is 0. The molecule has 9 nitrogen and oxygen atoms in total. The number of ether oxygens (including phenoxy) is 2. The number of rotatable bonds is 8. The highest BCUT2D eigenvalue weighted by Gasteiger charge is 2.28. The fourth-order valence-corrected chi connectivity index (χ4v) is 2.96. The van der Waals surface area contributed by atoms with Crippen LogP contribution in [0.15, 0.2) is 36.4 Å². The van der Waals surface area contributed by atoms with Gasteiger partial charge in [0, 0.05) is 0 Å². The zero-order valence-corrected chi connectivity index (χ0v) is 18.5. The number of carbonyl (C=O) groups excluding carboxylic acids is 4. The van der Waals surface area contributed by atoms with E-state index in [0.717, 1.165) is 0 Å². The summed E-state index contributed by atoms with van der Waals surface area (Å²) in [4.78, 5) is 49.3.